The molecular formula is C13H14Br2N2O. The molecule has 1 atom stereocenters. The van der Waals surface area contributed by atoms with Crippen molar-refractivity contribution in [3.63, 3.8) is 0 Å². The zero-order chi connectivity index (χ0) is 13.3. The molecule has 1 heterocycles. The van der Waals surface area contributed by atoms with Crippen LogP contribution in [0.25, 0.3) is 11.4 Å². The molecule has 0 spiro atoms. The van der Waals surface area contributed by atoms with E-state index in [4.69, 9.17) is 4.52 Å². The number of hydrogen-bond donors (Lipinski definition) is 0. The van der Waals surface area contributed by atoms with Gasteiger partial charge in [0.15, 0.2) is 0 Å². The fraction of sp³-hybridized carbons (Fsp3) is 0.385. The molecule has 3 nitrogen and oxygen atoms in total. The van der Waals surface area contributed by atoms with E-state index in [1.165, 1.54) is 11.1 Å². The molecule has 0 aliphatic heterocycles. The predicted octanol–water partition coefficient (Wildman–Crippen LogP) is 4.96. The molecule has 1 unspecified atom stereocenters. The van der Waals surface area contributed by atoms with Crippen molar-refractivity contribution in [2.24, 2.45) is 0 Å². The van der Waals surface area contributed by atoms with Crippen molar-refractivity contribution in [3.8, 4) is 11.4 Å². The molecule has 0 aliphatic rings. The van der Waals surface area contributed by atoms with Crippen LogP contribution in [0, 0.1) is 13.8 Å². The number of rotatable bonds is 3. The van der Waals surface area contributed by atoms with Gasteiger partial charge in [0.05, 0.1) is 4.83 Å². The van der Waals surface area contributed by atoms with Crippen LogP contribution >= 0.6 is 31.9 Å². The molecule has 18 heavy (non-hydrogen) atoms. The third-order valence-corrected chi connectivity index (χ3v) is 5.05. The van der Waals surface area contributed by atoms with Gasteiger partial charge in [0, 0.05) is 10.0 Å². The molecule has 0 bridgehead atoms. The van der Waals surface area contributed by atoms with Gasteiger partial charge < -0.3 is 4.52 Å². The number of alkyl halides is 1. The highest BCUT2D eigenvalue weighted by Crippen LogP contribution is 2.29. The summed E-state index contributed by atoms with van der Waals surface area (Å²) in [7, 11) is 0. The number of halogens is 2. The molecule has 0 aliphatic carbocycles. The van der Waals surface area contributed by atoms with Gasteiger partial charge >= 0.3 is 0 Å². The Labute approximate surface area is 123 Å². The van der Waals surface area contributed by atoms with Crippen LogP contribution in [0.2, 0.25) is 0 Å². The first-order valence-corrected chi connectivity index (χ1v) is 7.48. The third-order valence-electron chi connectivity index (χ3n) is 2.76. The predicted molar refractivity (Wildman–Crippen MR) is 78.9 cm³/mol. The van der Waals surface area contributed by atoms with Crippen LogP contribution < -0.4 is 0 Å². The van der Waals surface area contributed by atoms with Gasteiger partial charge in [0.2, 0.25) is 11.7 Å². The van der Waals surface area contributed by atoms with Crippen LogP contribution in [0.3, 0.4) is 0 Å². The fourth-order valence-corrected chi connectivity index (χ4v) is 2.14. The van der Waals surface area contributed by atoms with Crippen LogP contribution in [0.15, 0.2) is 21.1 Å². The maximum Gasteiger partial charge on any atom is 0.240 e. The summed E-state index contributed by atoms with van der Waals surface area (Å²) < 4.78 is 6.39. The SMILES string of the molecule is CCC(Br)c1nc(-c2cc(C)c(Br)c(C)c2)no1. The normalized spacial score (nSPS) is 12.7. The first-order chi connectivity index (χ1) is 8.52. The lowest BCUT2D eigenvalue weighted by Crippen LogP contribution is -1.89. The van der Waals surface area contributed by atoms with Gasteiger partial charge in [-0.1, -0.05) is 43.9 Å². The van der Waals surface area contributed by atoms with E-state index in [9.17, 15) is 0 Å². The van der Waals surface area contributed by atoms with Gasteiger partial charge in [0.25, 0.3) is 0 Å². The number of hydrogen-bond acceptors (Lipinski definition) is 3. The number of aryl methyl sites for hydroxylation is 2. The molecule has 2 rings (SSSR count). The van der Waals surface area contributed by atoms with E-state index >= 15 is 0 Å². The number of aromatic nitrogens is 2. The Morgan fingerprint density at radius 1 is 1.28 bits per heavy atom. The average molecular weight is 374 g/mol. The van der Waals surface area contributed by atoms with Crippen LogP contribution in [0.5, 0.6) is 0 Å². The molecule has 5 heteroatoms. The minimum Gasteiger partial charge on any atom is -0.338 e. The highest BCUT2D eigenvalue weighted by molar-refractivity contribution is 9.10. The smallest absolute Gasteiger partial charge is 0.240 e. The van der Waals surface area contributed by atoms with E-state index in [0.29, 0.717) is 11.7 Å². The molecule has 0 radical (unpaired) electrons. The van der Waals surface area contributed by atoms with Gasteiger partial charge in [-0.25, -0.2) is 0 Å². The average Bonchev–Trinajstić information content (AvgIpc) is 2.84. The summed E-state index contributed by atoms with van der Waals surface area (Å²) in [5.41, 5.74) is 3.32. The minimum absolute atomic E-state index is 0.122. The van der Waals surface area contributed by atoms with Gasteiger partial charge in [-0.2, -0.15) is 4.98 Å². The first kappa shape index (κ1) is 13.7. The fourth-order valence-electron chi connectivity index (χ4n) is 1.73. The van der Waals surface area contributed by atoms with E-state index < -0.39 is 0 Å². The molecule has 0 fully saturated rings. The molecule has 1 aromatic heterocycles. The Bertz CT molecular complexity index is 543. The summed E-state index contributed by atoms with van der Waals surface area (Å²) in [6.45, 7) is 6.18. The summed E-state index contributed by atoms with van der Waals surface area (Å²) >= 11 is 7.06. The Morgan fingerprint density at radius 3 is 2.44 bits per heavy atom. The maximum absolute atomic E-state index is 5.26. The quantitative estimate of drug-likeness (QED) is 0.713. The van der Waals surface area contributed by atoms with Crippen molar-refractivity contribution < 1.29 is 4.52 Å². The van der Waals surface area contributed by atoms with Gasteiger partial charge in [-0.3, -0.25) is 0 Å². The zero-order valence-electron chi connectivity index (χ0n) is 10.5. The van der Waals surface area contributed by atoms with Gasteiger partial charge in [-0.05, 0) is 43.5 Å². The van der Waals surface area contributed by atoms with Crippen molar-refractivity contribution in [1.29, 1.82) is 0 Å². The van der Waals surface area contributed by atoms with Crippen molar-refractivity contribution >= 4 is 31.9 Å². The Kier molecular flexibility index (Phi) is 4.22. The molecule has 2 aromatic rings. The van der Waals surface area contributed by atoms with Crippen molar-refractivity contribution in [3.05, 3.63) is 33.6 Å². The summed E-state index contributed by atoms with van der Waals surface area (Å²) in [6.07, 6.45) is 0.917. The van der Waals surface area contributed by atoms with E-state index in [-0.39, 0.29) is 4.83 Å². The maximum atomic E-state index is 5.26. The summed E-state index contributed by atoms with van der Waals surface area (Å²) in [5.74, 6) is 1.27. The standard InChI is InChI=1S/C13H14Br2N2O/c1-4-10(14)13-16-12(17-18-13)9-5-7(2)11(15)8(3)6-9/h5-6,10H,4H2,1-3H3. The van der Waals surface area contributed by atoms with E-state index in [1.54, 1.807) is 0 Å². The molecular weight excluding hydrogens is 360 g/mol. The van der Waals surface area contributed by atoms with Crippen molar-refractivity contribution in [2.75, 3.05) is 0 Å². The second-order valence-electron chi connectivity index (χ2n) is 4.26. The van der Waals surface area contributed by atoms with Gasteiger partial charge in [-0.15, -0.1) is 0 Å². The molecule has 0 saturated heterocycles. The lowest BCUT2D eigenvalue weighted by molar-refractivity contribution is 0.377. The summed E-state index contributed by atoms with van der Waals surface area (Å²) in [4.78, 5) is 4.54. The van der Waals surface area contributed by atoms with E-state index in [2.05, 4.69) is 74.9 Å². The molecule has 96 valence electrons. The minimum atomic E-state index is 0.122. The highest BCUT2D eigenvalue weighted by atomic mass is 79.9. The third kappa shape index (κ3) is 2.67. The Hall–Kier alpha value is -0.680. The van der Waals surface area contributed by atoms with Crippen LogP contribution in [-0.2, 0) is 0 Å². The van der Waals surface area contributed by atoms with E-state index in [1.807, 2.05) is 0 Å². The largest absolute Gasteiger partial charge is 0.338 e. The van der Waals surface area contributed by atoms with Crippen LogP contribution in [-0.4, -0.2) is 10.1 Å². The first-order valence-electron chi connectivity index (χ1n) is 5.77. The summed E-state index contributed by atoms with van der Waals surface area (Å²) in [5, 5.41) is 4.04. The van der Waals surface area contributed by atoms with Crippen molar-refractivity contribution in [2.45, 2.75) is 32.0 Å². The second kappa shape index (κ2) is 5.53. The van der Waals surface area contributed by atoms with Crippen LogP contribution in [0.1, 0.15) is 35.2 Å². The van der Waals surface area contributed by atoms with Gasteiger partial charge in [0.1, 0.15) is 0 Å². The molecule has 0 N–H and O–H groups in total. The topological polar surface area (TPSA) is 38.9 Å². The molecule has 1 aromatic carbocycles. The zero-order valence-corrected chi connectivity index (χ0v) is 13.7. The molecule has 0 amide bonds. The van der Waals surface area contributed by atoms with E-state index in [0.717, 1.165) is 16.5 Å². The lowest BCUT2D eigenvalue weighted by Gasteiger charge is -2.04. The number of nitrogens with zero attached hydrogens (tertiary/aromatic N) is 2. The monoisotopic (exact) mass is 372 g/mol. The number of benzene rings is 1. The lowest BCUT2D eigenvalue weighted by atomic mass is 10.1. The van der Waals surface area contributed by atoms with Crippen molar-refractivity contribution in [1.82, 2.24) is 10.1 Å². The Morgan fingerprint density at radius 2 is 1.89 bits per heavy atom. The summed E-state index contributed by atoms with van der Waals surface area (Å²) in [6, 6.07) is 4.11. The second-order valence-corrected chi connectivity index (χ2v) is 6.15. The highest BCUT2D eigenvalue weighted by Gasteiger charge is 2.15. The molecule has 0 saturated carbocycles. The van der Waals surface area contributed by atoms with Crippen LogP contribution in [0.4, 0.5) is 0 Å². The Balaban J connectivity index is 2.40.